The van der Waals surface area contributed by atoms with Crippen LogP contribution in [-0.2, 0) is 0 Å². The summed E-state index contributed by atoms with van der Waals surface area (Å²) in [6.07, 6.45) is 2.42. The van der Waals surface area contributed by atoms with E-state index in [0.29, 0.717) is 16.1 Å². The van der Waals surface area contributed by atoms with E-state index in [1.807, 2.05) is 7.05 Å². The van der Waals surface area contributed by atoms with Crippen LogP contribution < -0.4 is 10.6 Å². The molecule has 19 heavy (non-hydrogen) atoms. The summed E-state index contributed by atoms with van der Waals surface area (Å²) in [4.78, 5) is 4.49. The molecule has 106 valence electrons. The molecule has 0 atom stereocenters. The topological polar surface area (TPSA) is 32.5 Å². The number of halogens is 2. The summed E-state index contributed by atoms with van der Waals surface area (Å²) in [7, 11) is 4.18. The first kappa shape index (κ1) is 14.6. The fraction of sp³-hybridized carbons (Fsp3) is 0.571. The van der Waals surface area contributed by atoms with E-state index in [9.17, 15) is 4.39 Å². The third-order valence-corrected chi connectivity index (χ3v) is 4.46. The molecule has 5 heteroatoms. The van der Waals surface area contributed by atoms with Gasteiger partial charge in [0.05, 0.1) is 15.8 Å². The molecule has 3 nitrogen and oxygen atoms in total. The first-order valence-electron chi connectivity index (χ1n) is 6.61. The van der Waals surface area contributed by atoms with Crippen LogP contribution in [0.1, 0.15) is 12.8 Å². The van der Waals surface area contributed by atoms with Crippen molar-refractivity contribution in [2.24, 2.45) is 5.92 Å². The van der Waals surface area contributed by atoms with Crippen LogP contribution in [-0.4, -0.2) is 38.6 Å². The summed E-state index contributed by atoms with van der Waals surface area (Å²) in [5.74, 6) is 0.373. The van der Waals surface area contributed by atoms with Crippen LogP contribution in [0, 0.1) is 11.7 Å². The van der Waals surface area contributed by atoms with Crippen LogP contribution >= 0.6 is 15.9 Å². The van der Waals surface area contributed by atoms with Crippen molar-refractivity contribution in [2.45, 2.75) is 12.8 Å². The van der Waals surface area contributed by atoms with E-state index in [4.69, 9.17) is 5.73 Å². The van der Waals surface area contributed by atoms with Gasteiger partial charge in [0.15, 0.2) is 0 Å². The molecule has 0 bridgehead atoms. The quantitative estimate of drug-likeness (QED) is 0.865. The zero-order valence-electron chi connectivity index (χ0n) is 11.5. The molecule has 1 aromatic rings. The number of nitrogens with two attached hydrogens (primary N) is 1. The zero-order chi connectivity index (χ0) is 14.0. The molecule has 1 fully saturated rings. The molecular weight excluding hydrogens is 309 g/mol. The highest BCUT2D eigenvalue weighted by Gasteiger charge is 2.19. The lowest BCUT2D eigenvalue weighted by Gasteiger charge is -2.32. The van der Waals surface area contributed by atoms with Gasteiger partial charge in [-0.25, -0.2) is 4.39 Å². The number of rotatable bonds is 3. The van der Waals surface area contributed by atoms with Crippen LogP contribution in [0.5, 0.6) is 0 Å². The number of hydrogen-bond donors (Lipinski definition) is 1. The molecule has 1 aliphatic heterocycles. The van der Waals surface area contributed by atoms with Crippen molar-refractivity contribution in [3.8, 4) is 0 Å². The highest BCUT2D eigenvalue weighted by Crippen LogP contribution is 2.30. The van der Waals surface area contributed by atoms with E-state index >= 15 is 0 Å². The number of nitrogen functional groups attached to an aromatic ring is 1. The normalized spacial score (nSPS) is 17.7. The highest BCUT2D eigenvalue weighted by molar-refractivity contribution is 9.10. The Kier molecular flexibility index (Phi) is 4.68. The maximum Gasteiger partial charge on any atom is 0.139 e. The molecule has 0 amide bonds. The minimum Gasteiger partial charge on any atom is -0.397 e. The molecule has 0 aromatic heterocycles. The summed E-state index contributed by atoms with van der Waals surface area (Å²) in [5, 5.41) is 0. The van der Waals surface area contributed by atoms with E-state index in [2.05, 4.69) is 32.8 Å². The first-order chi connectivity index (χ1) is 8.97. The standard InChI is InChI=1S/C14H21BrFN3/c1-18-5-3-10(4-6-18)9-19(2)14-7-11(15)12(16)8-13(14)17/h7-8,10H,3-6,9,17H2,1-2H3. The summed E-state index contributed by atoms with van der Waals surface area (Å²) in [6, 6.07) is 3.14. The molecule has 0 spiro atoms. The summed E-state index contributed by atoms with van der Waals surface area (Å²) >= 11 is 3.22. The molecule has 0 unspecified atom stereocenters. The molecule has 0 radical (unpaired) electrons. The van der Waals surface area contributed by atoms with Crippen molar-refractivity contribution in [2.75, 3.05) is 44.4 Å². The first-order valence-corrected chi connectivity index (χ1v) is 7.41. The molecule has 1 heterocycles. The van der Waals surface area contributed by atoms with Crippen LogP contribution in [0.4, 0.5) is 15.8 Å². The van der Waals surface area contributed by atoms with Crippen molar-refractivity contribution in [1.29, 1.82) is 0 Å². The van der Waals surface area contributed by atoms with Gasteiger partial charge in [0, 0.05) is 19.7 Å². The maximum absolute atomic E-state index is 13.4. The molecule has 2 N–H and O–H groups in total. The maximum atomic E-state index is 13.4. The molecule has 0 aliphatic carbocycles. The average molecular weight is 330 g/mol. The number of anilines is 2. The average Bonchev–Trinajstić information content (AvgIpc) is 2.36. The third kappa shape index (κ3) is 3.60. The largest absolute Gasteiger partial charge is 0.397 e. The van der Waals surface area contributed by atoms with Gasteiger partial charge >= 0.3 is 0 Å². The van der Waals surface area contributed by atoms with Crippen molar-refractivity contribution < 1.29 is 4.39 Å². The predicted octanol–water partition coefficient (Wildman–Crippen LogP) is 2.95. The Morgan fingerprint density at radius 1 is 1.42 bits per heavy atom. The Morgan fingerprint density at radius 3 is 2.68 bits per heavy atom. The lowest BCUT2D eigenvalue weighted by atomic mass is 9.96. The number of nitrogens with zero attached hydrogens (tertiary/aromatic N) is 2. The molecule has 1 aliphatic rings. The van der Waals surface area contributed by atoms with E-state index in [1.165, 1.54) is 18.9 Å². The summed E-state index contributed by atoms with van der Waals surface area (Å²) in [6.45, 7) is 3.28. The lowest BCUT2D eigenvalue weighted by Crippen LogP contribution is -2.35. The van der Waals surface area contributed by atoms with Gasteiger partial charge < -0.3 is 15.5 Å². The molecule has 2 rings (SSSR count). The summed E-state index contributed by atoms with van der Waals surface area (Å²) in [5.41, 5.74) is 7.30. The molecular formula is C14H21BrFN3. The molecule has 0 saturated carbocycles. The fourth-order valence-corrected chi connectivity index (χ4v) is 2.94. The monoisotopic (exact) mass is 329 g/mol. The van der Waals surface area contributed by atoms with Crippen LogP contribution in [0.25, 0.3) is 0 Å². The van der Waals surface area contributed by atoms with E-state index < -0.39 is 0 Å². The second-order valence-corrected chi connectivity index (χ2v) is 6.31. The van der Waals surface area contributed by atoms with Gasteiger partial charge in [0.25, 0.3) is 0 Å². The smallest absolute Gasteiger partial charge is 0.139 e. The molecule has 1 saturated heterocycles. The summed E-state index contributed by atoms with van der Waals surface area (Å²) < 4.78 is 13.8. The Bertz CT molecular complexity index is 445. The van der Waals surface area contributed by atoms with Crippen LogP contribution in [0.3, 0.4) is 0 Å². The Hall–Kier alpha value is -0.810. The second-order valence-electron chi connectivity index (χ2n) is 5.45. The van der Waals surface area contributed by atoms with Gasteiger partial charge in [-0.05, 0) is 60.9 Å². The predicted molar refractivity (Wildman–Crippen MR) is 82.0 cm³/mol. The fourth-order valence-electron chi connectivity index (χ4n) is 2.61. The van der Waals surface area contributed by atoms with Crippen LogP contribution in [0.2, 0.25) is 0 Å². The number of hydrogen-bond acceptors (Lipinski definition) is 3. The van der Waals surface area contributed by atoms with Gasteiger partial charge in [0.1, 0.15) is 5.82 Å². The van der Waals surface area contributed by atoms with Gasteiger partial charge in [-0.2, -0.15) is 0 Å². The molecule has 1 aromatic carbocycles. The van der Waals surface area contributed by atoms with Gasteiger partial charge in [-0.1, -0.05) is 0 Å². The Morgan fingerprint density at radius 2 is 2.05 bits per heavy atom. The van der Waals surface area contributed by atoms with Crippen LogP contribution in [0.15, 0.2) is 16.6 Å². The van der Waals surface area contributed by atoms with Crippen molar-refractivity contribution >= 4 is 27.3 Å². The minimum absolute atomic E-state index is 0.311. The number of piperidine rings is 1. The van der Waals surface area contributed by atoms with Crippen molar-refractivity contribution in [3.63, 3.8) is 0 Å². The third-order valence-electron chi connectivity index (χ3n) is 3.85. The van der Waals surface area contributed by atoms with E-state index in [1.54, 1.807) is 6.07 Å². The van der Waals surface area contributed by atoms with Gasteiger partial charge in [-0.3, -0.25) is 0 Å². The minimum atomic E-state index is -0.311. The van der Waals surface area contributed by atoms with Crippen molar-refractivity contribution in [1.82, 2.24) is 4.90 Å². The van der Waals surface area contributed by atoms with Gasteiger partial charge in [-0.15, -0.1) is 0 Å². The number of benzene rings is 1. The Balaban J connectivity index is 2.03. The highest BCUT2D eigenvalue weighted by atomic mass is 79.9. The Labute approximate surface area is 122 Å². The second kappa shape index (κ2) is 6.09. The van der Waals surface area contributed by atoms with E-state index in [-0.39, 0.29) is 5.82 Å². The van der Waals surface area contributed by atoms with Crippen molar-refractivity contribution in [3.05, 3.63) is 22.4 Å². The lowest BCUT2D eigenvalue weighted by molar-refractivity contribution is 0.222. The van der Waals surface area contributed by atoms with E-state index in [0.717, 1.165) is 25.3 Å². The SMILES string of the molecule is CN1CCC(CN(C)c2cc(Br)c(F)cc2N)CC1. The number of likely N-dealkylation sites (tertiary alicyclic amines) is 1. The zero-order valence-corrected chi connectivity index (χ0v) is 13.1. The van der Waals surface area contributed by atoms with Gasteiger partial charge in [0.2, 0.25) is 0 Å².